The molecule has 0 atom stereocenters. The average molecular weight is 140 g/mol. The summed E-state index contributed by atoms with van der Waals surface area (Å²) < 4.78 is 0. The highest BCUT2D eigenvalue weighted by atomic mass is 16.1. The summed E-state index contributed by atoms with van der Waals surface area (Å²) in [5, 5.41) is 0. The molecule has 0 amide bonds. The van der Waals surface area contributed by atoms with Gasteiger partial charge in [-0.05, 0) is 12.8 Å². The predicted molar refractivity (Wildman–Crippen MR) is 39.7 cm³/mol. The second kappa shape index (κ2) is 6.20. The lowest BCUT2D eigenvalue weighted by atomic mass is 10.1. The monoisotopic (exact) mass is 140 g/mol. The quantitative estimate of drug-likeness (QED) is 0.414. The van der Waals surface area contributed by atoms with Crippen LogP contribution >= 0.6 is 0 Å². The lowest BCUT2D eigenvalue weighted by Gasteiger charge is -1.97. The Labute approximate surface area is 60.9 Å². The van der Waals surface area contributed by atoms with E-state index in [0.29, 0.717) is 12.8 Å². The molecule has 0 aliphatic carbocycles. The van der Waals surface area contributed by atoms with E-state index in [1.165, 1.54) is 0 Å². The summed E-state index contributed by atoms with van der Waals surface area (Å²) in [6.07, 6.45) is 4.22. The molecule has 0 fully saturated rings. The second-order valence-corrected chi connectivity index (χ2v) is 2.16. The van der Waals surface area contributed by atoms with E-state index in [0.717, 1.165) is 31.0 Å². The fourth-order valence-corrected chi connectivity index (χ4v) is 0.651. The first-order valence-corrected chi connectivity index (χ1v) is 3.35. The minimum atomic E-state index is 0.525. The van der Waals surface area contributed by atoms with Gasteiger partial charge >= 0.3 is 0 Å². The number of hydrogen-bond acceptors (Lipinski definition) is 2. The van der Waals surface area contributed by atoms with Crippen LogP contribution in [0, 0.1) is 0 Å². The standard InChI is InChI=1S/C8H12O2/c1-8(4-2-6-9)5-3-7-10/h6-7H,1-5H2. The molecule has 56 valence electrons. The van der Waals surface area contributed by atoms with Gasteiger partial charge in [0.15, 0.2) is 0 Å². The van der Waals surface area contributed by atoms with Crippen LogP contribution in [0.5, 0.6) is 0 Å². The van der Waals surface area contributed by atoms with Gasteiger partial charge in [0.2, 0.25) is 0 Å². The fourth-order valence-electron chi connectivity index (χ4n) is 0.651. The number of hydrogen-bond donors (Lipinski definition) is 0. The molecule has 0 radical (unpaired) electrons. The van der Waals surface area contributed by atoms with Gasteiger partial charge in [0.25, 0.3) is 0 Å². The highest BCUT2D eigenvalue weighted by Gasteiger charge is 1.92. The minimum Gasteiger partial charge on any atom is -0.303 e. The fraction of sp³-hybridized carbons (Fsp3) is 0.500. The molecule has 0 aliphatic rings. The molecule has 10 heavy (non-hydrogen) atoms. The maximum Gasteiger partial charge on any atom is 0.120 e. The number of aldehydes is 2. The zero-order valence-electron chi connectivity index (χ0n) is 6.01. The Hall–Kier alpha value is -0.920. The van der Waals surface area contributed by atoms with Gasteiger partial charge in [-0.25, -0.2) is 0 Å². The maximum absolute atomic E-state index is 9.87. The molecule has 0 aromatic rings. The number of carbonyl (C=O) groups is 2. The largest absolute Gasteiger partial charge is 0.303 e. The Morgan fingerprint density at radius 2 is 1.50 bits per heavy atom. The van der Waals surface area contributed by atoms with Crippen LogP contribution in [-0.4, -0.2) is 12.6 Å². The molecule has 2 nitrogen and oxygen atoms in total. The summed E-state index contributed by atoms with van der Waals surface area (Å²) in [5.41, 5.74) is 0.985. The molecule has 0 spiro atoms. The summed E-state index contributed by atoms with van der Waals surface area (Å²) >= 11 is 0. The maximum atomic E-state index is 9.87. The van der Waals surface area contributed by atoms with E-state index in [1.807, 2.05) is 0 Å². The smallest absolute Gasteiger partial charge is 0.120 e. The van der Waals surface area contributed by atoms with Crippen molar-refractivity contribution < 1.29 is 9.59 Å². The Balaban J connectivity index is 3.24. The molecule has 0 bridgehead atoms. The van der Waals surface area contributed by atoms with E-state index in [1.54, 1.807) is 0 Å². The lowest BCUT2D eigenvalue weighted by molar-refractivity contribution is -0.108. The van der Waals surface area contributed by atoms with Gasteiger partial charge in [0.1, 0.15) is 12.6 Å². The zero-order chi connectivity index (χ0) is 7.82. The summed E-state index contributed by atoms with van der Waals surface area (Å²) in [6.45, 7) is 3.71. The normalized spacial score (nSPS) is 8.80. The van der Waals surface area contributed by atoms with Gasteiger partial charge < -0.3 is 9.59 Å². The van der Waals surface area contributed by atoms with Crippen LogP contribution in [0.15, 0.2) is 12.2 Å². The molecule has 0 aromatic carbocycles. The second-order valence-electron chi connectivity index (χ2n) is 2.16. The van der Waals surface area contributed by atoms with Crippen LogP contribution in [0.1, 0.15) is 25.7 Å². The minimum absolute atomic E-state index is 0.525. The SMILES string of the molecule is C=C(CCC=O)CCC=O. The zero-order valence-corrected chi connectivity index (χ0v) is 6.01. The third-order valence-corrected chi connectivity index (χ3v) is 1.23. The van der Waals surface area contributed by atoms with Gasteiger partial charge in [-0.15, -0.1) is 0 Å². The van der Waals surface area contributed by atoms with Crippen LogP contribution < -0.4 is 0 Å². The molecule has 0 aromatic heterocycles. The molecule has 0 saturated carbocycles. The summed E-state index contributed by atoms with van der Waals surface area (Å²) in [4.78, 5) is 19.7. The molecular formula is C8H12O2. The van der Waals surface area contributed by atoms with Crippen molar-refractivity contribution in [2.75, 3.05) is 0 Å². The van der Waals surface area contributed by atoms with Crippen molar-refractivity contribution in [3.8, 4) is 0 Å². The first-order valence-electron chi connectivity index (χ1n) is 3.35. The van der Waals surface area contributed by atoms with E-state index in [2.05, 4.69) is 6.58 Å². The number of allylic oxidation sites excluding steroid dienone is 1. The van der Waals surface area contributed by atoms with E-state index < -0.39 is 0 Å². The first-order chi connectivity index (χ1) is 4.81. The van der Waals surface area contributed by atoms with Crippen molar-refractivity contribution >= 4 is 12.6 Å². The van der Waals surface area contributed by atoms with E-state index >= 15 is 0 Å². The topological polar surface area (TPSA) is 34.1 Å². The Morgan fingerprint density at radius 1 is 1.10 bits per heavy atom. The van der Waals surface area contributed by atoms with Crippen molar-refractivity contribution in [1.29, 1.82) is 0 Å². The molecule has 0 N–H and O–H groups in total. The molecular weight excluding hydrogens is 128 g/mol. The van der Waals surface area contributed by atoms with Crippen molar-refractivity contribution in [1.82, 2.24) is 0 Å². The third kappa shape index (κ3) is 5.22. The highest BCUT2D eigenvalue weighted by molar-refractivity contribution is 5.51. The van der Waals surface area contributed by atoms with Crippen LogP contribution in [-0.2, 0) is 9.59 Å². The molecule has 0 rings (SSSR count). The number of rotatable bonds is 6. The van der Waals surface area contributed by atoms with Crippen LogP contribution in [0.3, 0.4) is 0 Å². The van der Waals surface area contributed by atoms with Gasteiger partial charge in [-0.3, -0.25) is 0 Å². The summed E-state index contributed by atoms with van der Waals surface area (Å²) in [5.74, 6) is 0. The molecule has 0 unspecified atom stereocenters. The van der Waals surface area contributed by atoms with Crippen LogP contribution in [0.4, 0.5) is 0 Å². The molecule has 0 heterocycles. The van der Waals surface area contributed by atoms with Crippen molar-refractivity contribution in [2.45, 2.75) is 25.7 Å². The van der Waals surface area contributed by atoms with E-state index in [4.69, 9.17) is 0 Å². The van der Waals surface area contributed by atoms with Gasteiger partial charge in [-0.1, -0.05) is 12.2 Å². The Bertz CT molecular complexity index is 113. The van der Waals surface area contributed by atoms with Gasteiger partial charge in [-0.2, -0.15) is 0 Å². The molecule has 2 heteroatoms. The Morgan fingerprint density at radius 3 is 1.80 bits per heavy atom. The summed E-state index contributed by atoms with van der Waals surface area (Å²) in [6, 6.07) is 0. The first kappa shape index (κ1) is 9.08. The average Bonchev–Trinajstić information content (AvgIpc) is 1.97. The lowest BCUT2D eigenvalue weighted by Crippen LogP contribution is -1.84. The van der Waals surface area contributed by atoms with Gasteiger partial charge in [0, 0.05) is 12.8 Å². The van der Waals surface area contributed by atoms with E-state index in [-0.39, 0.29) is 0 Å². The van der Waals surface area contributed by atoms with Crippen molar-refractivity contribution in [3.05, 3.63) is 12.2 Å². The summed E-state index contributed by atoms with van der Waals surface area (Å²) in [7, 11) is 0. The van der Waals surface area contributed by atoms with Crippen LogP contribution in [0.25, 0.3) is 0 Å². The number of carbonyl (C=O) groups excluding carboxylic acids is 2. The molecule has 0 saturated heterocycles. The molecule has 0 aliphatic heterocycles. The highest BCUT2D eigenvalue weighted by Crippen LogP contribution is 2.06. The van der Waals surface area contributed by atoms with Crippen LogP contribution in [0.2, 0.25) is 0 Å². The van der Waals surface area contributed by atoms with Crippen molar-refractivity contribution in [2.24, 2.45) is 0 Å². The van der Waals surface area contributed by atoms with Crippen molar-refractivity contribution in [3.63, 3.8) is 0 Å². The predicted octanol–water partition coefficient (Wildman–Crippen LogP) is 1.50. The Kier molecular flexibility index (Phi) is 5.63. The van der Waals surface area contributed by atoms with E-state index in [9.17, 15) is 9.59 Å². The third-order valence-electron chi connectivity index (χ3n) is 1.23. The van der Waals surface area contributed by atoms with Gasteiger partial charge in [0.05, 0.1) is 0 Å².